The molecule has 18 heavy (non-hydrogen) atoms. The molecular formula is C12H11N3O2S. The van der Waals surface area contributed by atoms with Crippen molar-refractivity contribution in [1.82, 2.24) is 14.0 Å². The zero-order valence-electron chi connectivity index (χ0n) is 9.91. The van der Waals surface area contributed by atoms with E-state index in [0.29, 0.717) is 10.7 Å². The molecule has 0 aliphatic rings. The SMILES string of the molecule is Cc1nc2scc(-c3ccn(C)c3)n2c1C(=O)O. The van der Waals surface area contributed by atoms with E-state index in [2.05, 4.69) is 4.98 Å². The third-order valence-corrected chi connectivity index (χ3v) is 3.69. The van der Waals surface area contributed by atoms with E-state index in [4.69, 9.17) is 0 Å². The number of aromatic carboxylic acids is 1. The fraction of sp³-hybridized carbons (Fsp3) is 0.167. The summed E-state index contributed by atoms with van der Waals surface area (Å²) in [7, 11) is 1.93. The molecule has 0 bridgehead atoms. The molecular weight excluding hydrogens is 250 g/mol. The minimum absolute atomic E-state index is 0.241. The van der Waals surface area contributed by atoms with Gasteiger partial charge in [-0.05, 0) is 13.0 Å². The highest BCUT2D eigenvalue weighted by molar-refractivity contribution is 7.15. The van der Waals surface area contributed by atoms with Crippen LogP contribution in [0.1, 0.15) is 16.2 Å². The Morgan fingerprint density at radius 1 is 1.50 bits per heavy atom. The molecule has 3 aromatic heterocycles. The van der Waals surface area contributed by atoms with Gasteiger partial charge in [-0.3, -0.25) is 4.40 Å². The van der Waals surface area contributed by atoms with E-state index in [1.807, 2.05) is 35.5 Å². The van der Waals surface area contributed by atoms with Crippen molar-refractivity contribution in [3.8, 4) is 11.3 Å². The molecule has 0 spiro atoms. The van der Waals surface area contributed by atoms with Crippen LogP contribution in [0.3, 0.4) is 0 Å². The Morgan fingerprint density at radius 3 is 2.89 bits per heavy atom. The first kappa shape index (κ1) is 11.0. The first-order chi connectivity index (χ1) is 8.58. The van der Waals surface area contributed by atoms with Crippen molar-refractivity contribution in [1.29, 1.82) is 0 Å². The molecule has 3 aromatic rings. The van der Waals surface area contributed by atoms with Crippen LogP contribution in [0.15, 0.2) is 23.8 Å². The van der Waals surface area contributed by atoms with Crippen LogP contribution in [0.2, 0.25) is 0 Å². The second-order valence-corrected chi connectivity index (χ2v) is 4.99. The molecule has 0 amide bonds. The molecule has 0 aliphatic heterocycles. The highest BCUT2D eigenvalue weighted by Crippen LogP contribution is 2.28. The van der Waals surface area contributed by atoms with E-state index in [-0.39, 0.29) is 5.69 Å². The lowest BCUT2D eigenvalue weighted by Gasteiger charge is -1.99. The van der Waals surface area contributed by atoms with Crippen LogP contribution in [0.4, 0.5) is 0 Å². The third kappa shape index (κ3) is 1.46. The van der Waals surface area contributed by atoms with Gasteiger partial charge in [0, 0.05) is 30.4 Å². The molecule has 0 aromatic carbocycles. The van der Waals surface area contributed by atoms with Gasteiger partial charge in [0.2, 0.25) is 0 Å². The van der Waals surface area contributed by atoms with Gasteiger partial charge >= 0.3 is 5.97 Å². The molecule has 0 saturated heterocycles. The van der Waals surface area contributed by atoms with Gasteiger partial charge in [0.15, 0.2) is 10.7 Å². The van der Waals surface area contributed by atoms with Crippen molar-refractivity contribution in [2.24, 2.45) is 7.05 Å². The number of fused-ring (bicyclic) bond motifs is 1. The Morgan fingerprint density at radius 2 is 2.28 bits per heavy atom. The topological polar surface area (TPSA) is 59.5 Å². The molecule has 0 unspecified atom stereocenters. The molecule has 1 N–H and O–H groups in total. The summed E-state index contributed by atoms with van der Waals surface area (Å²) in [5.41, 5.74) is 2.65. The van der Waals surface area contributed by atoms with Crippen LogP contribution in [0.5, 0.6) is 0 Å². The molecule has 3 rings (SSSR count). The van der Waals surface area contributed by atoms with Crippen molar-refractivity contribution in [2.75, 3.05) is 0 Å². The first-order valence-corrected chi connectivity index (χ1v) is 6.28. The maximum atomic E-state index is 11.3. The van der Waals surface area contributed by atoms with Gasteiger partial charge in [-0.1, -0.05) is 0 Å². The highest BCUT2D eigenvalue weighted by atomic mass is 32.1. The van der Waals surface area contributed by atoms with E-state index in [9.17, 15) is 9.90 Å². The molecule has 92 valence electrons. The molecule has 0 atom stereocenters. The molecule has 5 nitrogen and oxygen atoms in total. The average Bonchev–Trinajstić information content (AvgIpc) is 2.92. The summed E-state index contributed by atoms with van der Waals surface area (Å²) in [4.78, 5) is 16.3. The van der Waals surface area contributed by atoms with Crippen LogP contribution < -0.4 is 0 Å². The van der Waals surface area contributed by atoms with Gasteiger partial charge in [0.05, 0.1) is 11.4 Å². The summed E-state index contributed by atoms with van der Waals surface area (Å²) in [5, 5.41) is 11.2. The monoisotopic (exact) mass is 261 g/mol. The lowest BCUT2D eigenvalue weighted by atomic mass is 10.2. The molecule has 0 fully saturated rings. The Labute approximate surface area is 107 Å². The average molecular weight is 261 g/mol. The fourth-order valence-corrected chi connectivity index (χ4v) is 3.01. The van der Waals surface area contributed by atoms with Gasteiger partial charge < -0.3 is 9.67 Å². The van der Waals surface area contributed by atoms with Gasteiger partial charge in [0.1, 0.15) is 0 Å². The Balaban J connectivity index is 2.34. The second kappa shape index (κ2) is 3.71. The van der Waals surface area contributed by atoms with Crippen LogP contribution in [-0.2, 0) is 7.05 Å². The van der Waals surface area contributed by atoms with Gasteiger partial charge in [-0.15, -0.1) is 11.3 Å². The summed E-state index contributed by atoms with van der Waals surface area (Å²) in [6.07, 6.45) is 3.89. The maximum Gasteiger partial charge on any atom is 0.354 e. The van der Waals surface area contributed by atoms with E-state index < -0.39 is 5.97 Å². The Bertz CT molecular complexity index is 751. The van der Waals surface area contributed by atoms with E-state index in [0.717, 1.165) is 11.3 Å². The number of nitrogens with zero attached hydrogens (tertiary/aromatic N) is 3. The standard InChI is InChI=1S/C12H11N3O2S/c1-7-10(11(16)17)15-9(6-18-12(15)13-7)8-3-4-14(2)5-8/h3-6H,1-2H3,(H,16,17). The second-order valence-electron chi connectivity index (χ2n) is 4.16. The fourth-order valence-electron chi connectivity index (χ4n) is 2.07. The molecule has 0 saturated carbocycles. The largest absolute Gasteiger partial charge is 0.477 e. The maximum absolute atomic E-state index is 11.3. The summed E-state index contributed by atoms with van der Waals surface area (Å²) < 4.78 is 3.64. The highest BCUT2D eigenvalue weighted by Gasteiger charge is 2.20. The van der Waals surface area contributed by atoms with Crippen LogP contribution in [0.25, 0.3) is 16.2 Å². The molecule has 0 radical (unpaired) electrons. The normalized spacial score (nSPS) is 11.2. The number of carboxylic acids is 1. The van der Waals surface area contributed by atoms with Crippen molar-refractivity contribution in [3.05, 3.63) is 35.2 Å². The van der Waals surface area contributed by atoms with E-state index in [1.165, 1.54) is 11.3 Å². The smallest absolute Gasteiger partial charge is 0.354 e. The Hall–Kier alpha value is -2.08. The number of aromatic nitrogens is 3. The first-order valence-electron chi connectivity index (χ1n) is 5.40. The van der Waals surface area contributed by atoms with Crippen LogP contribution in [-0.4, -0.2) is 25.0 Å². The van der Waals surface area contributed by atoms with E-state index >= 15 is 0 Å². The zero-order chi connectivity index (χ0) is 12.9. The minimum Gasteiger partial charge on any atom is -0.477 e. The van der Waals surface area contributed by atoms with Crippen molar-refractivity contribution < 1.29 is 9.90 Å². The van der Waals surface area contributed by atoms with Crippen molar-refractivity contribution >= 4 is 22.3 Å². The molecule has 3 heterocycles. The number of carbonyl (C=O) groups is 1. The predicted molar refractivity (Wildman–Crippen MR) is 69.2 cm³/mol. The van der Waals surface area contributed by atoms with E-state index in [1.54, 1.807) is 11.3 Å². The summed E-state index contributed by atoms with van der Waals surface area (Å²) >= 11 is 1.45. The van der Waals surface area contributed by atoms with Gasteiger partial charge in [0.25, 0.3) is 0 Å². The van der Waals surface area contributed by atoms with Crippen LogP contribution in [0, 0.1) is 6.92 Å². The van der Waals surface area contributed by atoms with Crippen molar-refractivity contribution in [3.63, 3.8) is 0 Å². The number of imidazole rings is 1. The molecule has 6 heteroatoms. The lowest BCUT2D eigenvalue weighted by Crippen LogP contribution is -2.03. The van der Waals surface area contributed by atoms with Crippen LogP contribution >= 0.6 is 11.3 Å². The minimum atomic E-state index is -0.949. The van der Waals surface area contributed by atoms with Gasteiger partial charge in [-0.25, -0.2) is 9.78 Å². The van der Waals surface area contributed by atoms with Crippen molar-refractivity contribution in [2.45, 2.75) is 6.92 Å². The molecule has 0 aliphatic carbocycles. The zero-order valence-corrected chi connectivity index (χ0v) is 10.7. The quantitative estimate of drug-likeness (QED) is 0.770. The summed E-state index contributed by atoms with van der Waals surface area (Å²) in [6, 6.07) is 1.96. The summed E-state index contributed by atoms with van der Waals surface area (Å²) in [5.74, 6) is -0.949. The number of aryl methyl sites for hydroxylation is 2. The number of thiazole rings is 1. The number of carboxylic acid groups (broad SMARTS) is 1. The Kier molecular flexibility index (Phi) is 2.27. The number of hydrogen-bond acceptors (Lipinski definition) is 3. The third-order valence-electron chi connectivity index (χ3n) is 2.87. The van der Waals surface area contributed by atoms with Gasteiger partial charge in [-0.2, -0.15) is 0 Å². The lowest BCUT2D eigenvalue weighted by molar-refractivity contribution is 0.0688. The number of rotatable bonds is 2. The summed E-state index contributed by atoms with van der Waals surface area (Å²) in [6.45, 7) is 1.72. The predicted octanol–water partition coefficient (Wildman–Crippen LogP) is 2.41. The number of hydrogen-bond donors (Lipinski definition) is 1.